The van der Waals surface area contributed by atoms with Crippen molar-refractivity contribution >= 4 is 28.5 Å². The van der Waals surface area contributed by atoms with Crippen molar-refractivity contribution in [3.05, 3.63) is 75.4 Å². The molecule has 0 aliphatic carbocycles. The number of ether oxygens (including phenoxy) is 1. The van der Waals surface area contributed by atoms with Gasteiger partial charge in [0.2, 0.25) is 0 Å². The number of aromatic nitrogens is 1. The second kappa shape index (κ2) is 8.12. The molecule has 2 heterocycles. The van der Waals surface area contributed by atoms with E-state index in [1.165, 1.54) is 11.0 Å². The van der Waals surface area contributed by atoms with E-state index in [1.807, 2.05) is 6.07 Å². The first-order chi connectivity index (χ1) is 12.6. The van der Waals surface area contributed by atoms with Crippen LogP contribution >= 0.6 is 11.6 Å². The molecule has 2 aromatic heterocycles. The van der Waals surface area contributed by atoms with Crippen LogP contribution in [0.1, 0.15) is 15.9 Å². The van der Waals surface area contributed by atoms with Crippen LogP contribution in [-0.2, 0) is 11.3 Å². The number of benzene rings is 1. The Kier molecular flexibility index (Phi) is 5.65. The molecule has 0 radical (unpaired) electrons. The van der Waals surface area contributed by atoms with Gasteiger partial charge < -0.3 is 14.1 Å². The van der Waals surface area contributed by atoms with E-state index in [2.05, 4.69) is 4.98 Å². The largest absolute Gasteiger partial charge is 0.422 e. The minimum Gasteiger partial charge on any atom is -0.422 e. The molecule has 7 heteroatoms. The van der Waals surface area contributed by atoms with E-state index < -0.39 is 11.5 Å². The average Bonchev–Trinajstić information content (AvgIpc) is 2.65. The predicted octanol–water partition coefficient (Wildman–Crippen LogP) is 3.13. The second-order valence-corrected chi connectivity index (χ2v) is 6.15. The molecule has 0 saturated carbocycles. The van der Waals surface area contributed by atoms with Crippen LogP contribution in [0.3, 0.4) is 0 Å². The Hall–Kier alpha value is -2.70. The van der Waals surface area contributed by atoms with Gasteiger partial charge in [0.25, 0.3) is 5.91 Å². The fraction of sp³-hybridized carbons (Fsp3) is 0.211. The average molecular weight is 373 g/mol. The molecule has 1 amide bonds. The minimum atomic E-state index is -0.682. The third-order valence-electron chi connectivity index (χ3n) is 3.87. The molecule has 0 saturated heterocycles. The third-order valence-corrected chi connectivity index (χ3v) is 4.11. The number of amides is 1. The molecule has 0 aliphatic heterocycles. The highest BCUT2D eigenvalue weighted by Crippen LogP contribution is 2.19. The van der Waals surface area contributed by atoms with Crippen LogP contribution in [0.25, 0.3) is 11.0 Å². The molecule has 0 spiro atoms. The zero-order valence-electron chi connectivity index (χ0n) is 14.1. The van der Waals surface area contributed by atoms with Gasteiger partial charge in [-0.2, -0.15) is 0 Å². The lowest BCUT2D eigenvalue weighted by molar-refractivity contribution is 0.0676. The molecule has 0 fully saturated rings. The van der Waals surface area contributed by atoms with Crippen LogP contribution in [0, 0.1) is 0 Å². The SMILES string of the molecule is COCCN(Cc1cccnc1)C(=O)c1cc2cc(Cl)ccc2oc1=O. The monoisotopic (exact) mass is 372 g/mol. The number of hydrogen-bond acceptors (Lipinski definition) is 5. The topological polar surface area (TPSA) is 72.6 Å². The number of rotatable bonds is 6. The van der Waals surface area contributed by atoms with E-state index in [1.54, 1.807) is 43.8 Å². The van der Waals surface area contributed by atoms with Gasteiger partial charge in [-0.05, 0) is 35.9 Å². The van der Waals surface area contributed by atoms with Gasteiger partial charge in [-0.1, -0.05) is 17.7 Å². The van der Waals surface area contributed by atoms with Gasteiger partial charge in [0, 0.05) is 43.0 Å². The van der Waals surface area contributed by atoms with Crippen molar-refractivity contribution in [2.75, 3.05) is 20.3 Å². The van der Waals surface area contributed by atoms with Crippen molar-refractivity contribution in [1.82, 2.24) is 9.88 Å². The number of pyridine rings is 1. The molecule has 0 N–H and O–H groups in total. The zero-order valence-corrected chi connectivity index (χ0v) is 14.9. The van der Waals surface area contributed by atoms with Crippen molar-refractivity contribution in [3.8, 4) is 0 Å². The summed E-state index contributed by atoms with van der Waals surface area (Å²) in [5, 5.41) is 1.09. The van der Waals surface area contributed by atoms with Crippen LogP contribution in [0.15, 0.2) is 58.0 Å². The molecule has 0 atom stereocenters. The first-order valence-electron chi connectivity index (χ1n) is 7.99. The maximum atomic E-state index is 13.0. The number of carbonyl (C=O) groups is 1. The molecule has 26 heavy (non-hydrogen) atoms. The van der Waals surface area contributed by atoms with Crippen LogP contribution in [0.2, 0.25) is 5.02 Å². The molecule has 3 rings (SSSR count). The summed E-state index contributed by atoms with van der Waals surface area (Å²) in [4.78, 5) is 30.8. The highest BCUT2D eigenvalue weighted by Gasteiger charge is 2.21. The van der Waals surface area contributed by atoms with E-state index in [9.17, 15) is 9.59 Å². The number of methoxy groups -OCH3 is 1. The summed E-state index contributed by atoms with van der Waals surface area (Å²) in [7, 11) is 1.55. The Balaban J connectivity index is 1.96. The molecule has 3 aromatic rings. The van der Waals surface area contributed by atoms with Crippen molar-refractivity contribution in [2.45, 2.75) is 6.54 Å². The quantitative estimate of drug-likeness (QED) is 0.621. The van der Waals surface area contributed by atoms with Crippen molar-refractivity contribution in [2.24, 2.45) is 0 Å². The van der Waals surface area contributed by atoms with Gasteiger partial charge in [-0.3, -0.25) is 9.78 Å². The third kappa shape index (κ3) is 4.09. The summed E-state index contributed by atoms with van der Waals surface area (Å²) in [6, 6.07) is 10.0. The smallest absolute Gasteiger partial charge is 0.349 e. The normalized spacial score (nSPS) is 10.8. The molecular weight excluding hydrogens is 356 g/mol. The number of carbonyl (C=O) groups excluding carboxylic acids is 1. The van der Waals surface area contributed by atoms with Crippen LogP contribution < -0.4 is 5.63 Å². The number of halogens is 1. The Bertz CT molecular complexity index is 972. The first-order valence-corrected chi connectivity index (χ1v) is 8.37. The summed E-state index contributed by atoms with van der Waals surface area (Å²) >= 11 is 5.99. The maximum absolute atomic E-state index is 13.0. The second-order valence-electron chi connectivity index (χ2n) is 5.71. The van der Waals surface area contributed by atoms with E-state index in [-0.39, 0.29) is 5.56 Å². The Morgan fingerprint density at radius 3 is 2.88 bits per heavy atom. The van der Waals surface area contributed by atoms with Crippen molar-refractivity contribution < 1.29 is 13.9 Å². The standard InChI is InChI=1S/C19H17ClN2O4/c1-25-8-7-22(12-13-3-2-6-21-11-13)18(23)16-10-14-9-15(20)4-5-17(14)26-19(16)24/h2-6,9-11H,7-8,12H2,1H3. The molecule has 6 nitrogen and oxygen atoms in total. The van der Waals surface area contributed by atoms with Crippen molar-refractivity contribution in [1.29, 1.82) is 0 Å². The van der Waals surface area contributed by atoms with E-state index in [0.29, 0.717) is 35.7 Å². The molecule has 134 valence electrons. The lowest BCUT2D eigenvalue weighted by Gasteiger charge is -2.22. The highest BCUT2D eigenvalue weighted by molar-refractivity contribution is 6.31. The Morgan fingerprint density at radius 1 is 1.31 bits per heavy atom. The van der Waals surface area contributed by atoms with Gasteiger partial charge in [0.15, 0.2) is 0 Å². The zero-order chi connectivity index (χ0) is 18.5. The Morgan fingerprint density at radius 2 is 2.15 bits per heavy atom. The predicted molar refractivity (Wildman–Crippen MR) is 98.3 cm³/mol. The lowest BCUT2D eigenvalue weighted by Crippen LogP contribution is -2.36. The van der Waals surface area contributed by atoms with E-state index in [0.717, 1.165) is 5.56 Å². The van der Waals surface area contributed by atoms with Gasteiger partial charge >= 0.3 is 5.63 Å². The van der Waals surface area contributed by atoms with Crippen LogP contribution in [0.5, 0.6) is 0 Å². The molecular formula is C19H17ClN2O4. The Labute approximate surface area is 155 Å². The minimum absolute atomic E-state index is 0.0419. The fourth-order valence-corrected chi connectivity index (χ4v) is 2.76. The number of fused-ring (bicyclic) bond motifs is 1. The van der Waals surface area contributed by atoms with E-state index >= 15 is 0 Å². The highest BCUT2D eigenvalue weighted by atomic mass is 35.5. The van der Waals surface area contributed by atoms with Gasteiger partial charge in [-0.15, -0.1) is 0 Å². The fourth-order valence-electron chi connectivity index (χ4n) is 2.58. The first kappa shape index (κ1) is 18.1. The summed E-state index contributed by atoms with van der Waals surface area (Å²) in [6.07, 6.45) is 3.34. The summed E-state index contributed by atoms with van der Waals surface area (Å²) < 4.78 is 10.4. The molecule has 0 aliphatic rings. The summed E-state index contributed by atoms with van der Waals surface area (Å²) in [6.45, 7) is 0.983. The van der Waals surface area contributed by atoms with Gasteiger partial charge in [0.05, 0.1) is 6.61 Å². The lowest BCUT2D eigenvalue weighted by atomic mass is 10.1. The van der Waals surface area contributed by atoms with Gasteiger partial charge in [0.1, 0.15) is 11.1 Å². The molecule has 0 bridgehead atoms. The van der Waals surface area contributed by atoms with Gasteiger partial charge in [-0.25, -0.2) is 4.79 Å². The van der Waals surface area contributed by atoms with Crippen LogP contribution in [-0.4, -0.2) is 36.1 Å². The summed E-state index contributed by atoms with van der Waals surface area (Å²) in [5.41, 5.74) is 0.509. The van der Waals surface area contributed by atoms with E-state index in [4.69, 9.17) is 20.8 Å². The van der Waals surface area contributed by atoms with Crippen LogP contribution in [0.4, 0.5) is 0 Å². The summed E-state index contributed by atoms with van der Waals surface area (Å²) in [5.74, 6) is -0.429. The van der Waals surface area contributed by atoms with Crippen molar-refractivity contribution in [3.63, 3.8) is 0 Å². The number of nitrogens with zero attached hydrogens (tertiary/aromatic N) is 2. The molecule has 1 aromatic carbocycles. The maximum Gasteiger partial charge on any atom is 0.349 e. The molecule has 0 unspecified atom stereocenters. The number of hydrogen-bond donors (Lipinski definition) is 0.